The summed E-state index contributed by atoms with van der Waals surface area (Å²) in [6.07, 6.45) is 7.48. The first-order valence-electron chi connectivity index (χ1n) is 12.0. The molecule has 4 heterocycles. The molecule has 3 aromatic rings. The van der Waals surface area contributed by atoms with Crippen LogP contribution < -0.4 is 5.73 Å². The highest BCUT2D eigenvalue weighted by Crippen LogP contribution is 2.38. The fourth-order valence-electron chi connectivity index (χ4n) is 5.40. The molecule has 4 unspecified atom stereocenters. The number of nitrogens with two attached hydrogens (primary N) is 1. The topological polar surface area (TPSA) is 115 Å². The highest BCUT2D eigenvalue weighted by Gasteiger charge is 2.49. The predicted octanol–water partition coefficient (Wildman–Crippen LogP) is 1.63. The molecule has 2 fully saturated rings. The molecule has 35 heavy (non-hydrogen) atoms. The van der Waals surface area contributed by atoms with Gasteiger partial charge in [-0.2, -0.15) is 10.2 Å². The average molecular weight is 473 g/mol. The van der Waals surface area contributed by atoms with Crippen molar-refractivity contribution in [1.82, 2.24) is 24.5 Å². The molecule has 3 N–H and O–H groups in total. The fourth-order valence-corrected chi connectivity index (χ4v) is 5.40. The molecule has 1 aliphatic carbocycles. The number of aromatic nitrogens is 4. The Hall–Kier alpha value is -3.45. The Morgan fingerprint density at radius 1 is 1.34 bits per heavy atom. The molecule has 1 aromatic carbocycles. The molecule has 0 bridgehead atoms. The highest BCUT2D eigenvalue weighted by atomic mass is 16.6. The summed E-state index contributed by atoms with van der Waals surface area (Å²) < 4.78 is 9.33. The third kappa shape index (κ3) is 4.04. The van der Waals surface area contributed by atoms with Crippen LogP contribution in [0.2, 0.25) is 0 Å². The van der Waals surface area contributed by atoms with E-state index in [1.54, 1.807) is 6.20 Å². The number of hydrogen-bond acceptors (Lipinski definition) is 6. The number of rotatable bonds is 3. The van der Waals surface area contributed by atoms with Crippen molar-refractivity contribution in [3.05, 3.63) is 65.2 Å². The van der Waals surface area contributed by atoms with E-state index in [0.717, 1.165) is 48.3 Å². The first-order valence-corrected chi connectivity index (χ1v) is 12.0. The lowest BCUT2D eigenvalue weighted by atomic mass is 9.90. The van der Waals surface area contributed by atoms with Crippen molar-refractivity contribution in [3.8, 4) is 17.5 Å². The van der Waals surface area contributed by atoms with Crippen LogP contribution in [0.5, 0.6) is 0 Å². The van der Waals surface area contributed by atoms with Crippen molar-refractivity contribution >= 4 is 5.91 Å². The zero-order chi connectivity index (χ0) is 24.2. The maximum Gasteiger partial charge on any atom is 0.269 e. The maximum absolute atomic E-state index is 12.3. The molecule has 180 valence electrons. The van der Waals surface area contributed by atoms with E-state index in [1.807, 2.05) is 52.9 Å². The van der Waals surface area contributed by atoms with E-state index in [-0.39, 0.29) is 24.1 Å². The Labute approximate surface area is 203 Å². The number of aliphatic hydroxyl groups is 1. The first kappa shape index (κ1) is 22.0. The van der Waals surface area contributed by atoms with Crippen molar-refractivity contribution in [1.29, 1.82) is 0 Å². The van der Waals surface area contributed by atoms with Gasteiger partial charge in [0.15, 0.2) is 5.69 Å². The van der Waals surface area contributed by atoms with Crippen LogP contribution in [0.1, 0.15) is 59.0 Å². The maximum atomic E-state index is 12.3. The van der Waals surface area contributed by atoms with E-state index >= 15 is 0 Å². The van der Waals surface area contributed by atoms with Crippen LogP contribution in [-0.4, -0.2) is 67.0 Å². The van der Waals surface area contributed by atoms with Gasteiger partial charge in [-0.05, 0) is 50.6 Å². The lowest BCUT2D eigenvalue weighted by Crippen LogP contribution is -2.30. The molecule has 0 saturated carbocycles. The van der Waals surface area contributed by atoms with Crippen LogP contribution in [0, 0.1) is 11.8 Å². The molecule has 4 atom stereocenters. The molecular weight excluding hydrogens is 444 g/mol. The number of carbonyl (C=O) groups is 1. The minimum atomic E-state index is -1.08. The van der Waals surface area contributed by atoms with Crippen LogP contribution in [0.3, 0.4) is 0 Å². The van der Waals surface area contributed by atoms with Crippen molar-refractivity contribution in [2.75, 3.05) is 13.6 Å². The number of ether oxygens (including phenoxy) is 1. The highest BCUT2D eigenvalue weighted by molar-refractivity contribution is 5.93. The zero-order valence-electron chi connectivity index (χ0n) is 19.6. The molecule has 6 rings (SSSR count). The first-order chi connectivity index (χ1) is 16.9. The van der Waals surface area contributed by atoms with Crippen LogP contribution in [-0.2, 0) is 11.2 Å². The van der Waals surface area contributed by atoms with E-state index in [0.29, 0.717) is 12.8 Å². The predicted molar refractivity (Wildman–Crippen MR) is 128 cm³/mol. The van der Waals surface area contributed by atoms with E-state index < -0.39 is 11.5 Å². The number of fused-ring (bicyclic) bond motifs is 2. The summed E-state index contributed by atoms with van der Waals surface area (Å²) >= 11 is 0. The minimum Gasteiger partial charge on any atom is -0.377 e. The molecule has 0 radical (unpaired) electrons. The normalized spacial score (nSPS) is 27.8. The third-order valence-corrected chi connectivity index (χ3v) is 7.26. The van der Waals surface area contributed by atoms with E-state index in [4.69, 9.17) is 10.5 Å². The van der Waals surface area contributed by atoms with Crippen LogP contribution in [0.15, 0.2) is 42.7 Å². The van der Waals surface area contributed by atoms with Crippen molar-refractivity contribution in [3.63, 3.8) is 0 Å². The van der Waals surface area contributed by atoms with Crippen LogP contribution in [0.4, 0.5) is 0 Å². The number of nitrogens with zero attached hydrogens (tertiary/aromatic N) is 5. The Balaban J connectivity index is 1.35. The van der Waals surface area contributed by atoms with Gasteiger partial charge in [0.1, 0.15) is 17.9 Å². The lowest BCUT2D eigenvalue weighted by Gasteiger charge is -2.24. The molecule has 3 aliphatic rings. The van der Waals surface area contributed by atoms with Gasteiger partial charge in [0.05, 0.1) is 17.4 Å². The standard InChI is InChI=1S/C26H28N6O3/c1-30-14-11-26(34,16-21-25(30)35-21)10-9-17-5-2-6-18(15-17)32-20-8-3-7-19(31-13-4-12-28-31)22(20)23(29-32)24(27)33/h2,4-6,12-13,15,19,21,25,34H,3,7-8,11,14,16H2,1H3,(H2,27,33). The van der Waals surface area contributed by atoms with E-state index in [2.05, 4.69) is 26.9 Å². The van der Waals surface area contributed by atoms with Crippen molar-refractivity contribution < 1.29 is 14.6 Å². The molecule has 0 spiro atoms. The number of carbonyl (C=O) groups excluding carboxylic acids is 1. The second-order valence-electron chi connectivity index (χ2n) is 9.71. The van der Waals surface area contributed by atoms with Crippen LogP contribution >= 0.6 is 0 Å². The molecule has 9 heteroatoms. The van der Waals surface area contributed by atoms with Gasteiger partial charge in [-0.25, -0.2) is 4.68 Å². The van der Waals surface area contributed by atoms with Crippen molar-refractivity contribution in [2.45, 2.75) is 56.1 Å². The number of amides is 1. The molecule has 2 aromatic heterocycles. The summed E-state index contributed by atoms with van der Waals surface area (Å²) in [5.74, 6) is 5.73. The minimum absolute atomic E-state index is 0.0404. The smallest absolute Gasteiger partial charge is 0.269 e. The summed E-state index contributed by atoms with van der Waals surface area (Å²) in [6.45, 7) is 0.735. The van der Waals surface area contributed by atoms with Gasteiger partial charge >= 0.3 is 0 Å². The fraction of sp³-hybridized carbons (Fsp3) is 0.423. The quantitative estimate of drug-likeness (QED) is 0.442. The van der Waals surface area contributed by atoms with Gasteiger partial charge in [-0.1, -0.05) is 17.9 Å². The summed E-state index contributed by atoms with van der Waals surface area (Å²) in [5.41, 5.74) is 8.34. The second kappa shape index (κ2) is 8.34. The van der Waals surface area contributed by atoms with Gasteiger partial charge in [0.25, 0.3) is 5.91 Å². The van der Waals surface area contributed by atoms with Gasteiger partial charge in [0, 0.05) is 42.9 Å². The van der Waals surface area contributed by atoms with E-state index in [9.17, 15) is 9.90 Å². The zero-order valence-corrected chi connectivity index (χ0v) is 19.6. The number of likely N-dealkylation sites (tertiary alicyclic amines) is 1. The van der Waals surface area contributed by atoms with E-state index in [1.165, 1.54) is 0 Å². The Kier molecular flexibility index (Phi) is 5.25. The molecular formula is C26H28N6O3. The Morgan fingerprint density at radius 3 is 3.03 bits per heavy atom. The van der Waals surface area contributed by atoms with Crippen molar-refractivity contribution in [2.24, 2.45) is 5.73 Å². The second-order valence-corrected chi connectivity index (χ2v) is 9.71. The Morgan fingerprint density at radius 2 is 2.23 bits per heavy atom. The lowest BCUT2D eigenvalue weighted by molar-refractivity contribution is 0.0592. The molecule has 1 amide bonds. The summed E-state index contributed by atoms with van der Waals surface area (Å²) in [5, 5.41) is 20.1. The SMILES string of the molecule is CN1CCC(O)(C#Cc2cccc(-n3nc(C(N)=O)c4c3CCCC4n3cccn3)c2)CC2OC21. The van der Waals surface area contributed by atoms with Gasteiger partial charge < -0.3 is 15.6 Å². The number of hydrogen-bond donors (Lipinski definition) is 2. The monoisotopic (exact) mass is 472 g/mol. The molecule has 2 aliphatic heterocycles. The average Bonchev–Trinajstić information content (AvgIpc) is 3.26. The number of likely N-dealkylation sites (N-methyl/N-ethyl adjacent to an activating group) is 1. The largest absolute Gasteiger partial charge is 0.377 e. The number of epoxide rings is 1. The van der Waals surface area contributed by atoms with Gasteiger partial charge in [-0.3, -0.25) is 14.4 Å². The number of benzene rings is 1. The third-order valence-electron chi connectivity index (χ3n) is 7.26. The number of primary amides is 1. The van der Waals surface area contributed by atoms with Gasteiger partial charge in [0.2, 0.25) is 0 Å². The molecule has 9 nitrogen and oxygen atoms in total. The summed E-state index contributed by atoms with van der Waals surface area (Å²) in [7, 11) is 2.01. The summed E-state index contributed by atoms with van der Waals surface area (Å²) in [6, 6.07) is 9.50. The van der Waals surface area contributed by atoms with Crippen LogP contribution in [0.25, 0.3) is 5.69 Å². The summed E-state index contributed by atoms with van der Waals surface area (Å²) in [4.78, 5) is 14.5. The van der Waals surface area contributed by atoms with Gasteiger partial charge in [-0.15, -0.1) is 0 Å². The molecule has 2 saturated heterocycles. The Bertz CT molecular complexity index is 1340.